The third-order valence-electron chi connectivity index (χ3n) is 2.20. The summed E-state index contributed by atoms with van der Waals surface area (Å²) in [7, 11) is 1.99. The summed E-state index contributed by atoms with van der Waals surface area (Å²) in [4.78, 5) is 2.10. The van der Waals surface area contributed by atoms with Crippen LogP contribution in [0.3, 0.4) is 0 Å². The van der Waals surface area contributed by atoms with Gasteiger partial charge in [0, 0.05) is 32.2 Å². The zero-order valence-corrected chi connectivity index (χ0v) is 8.18. The van der Waals surface area contributed by atoms with E-state index in [2.05, 4.69) is 10.2 Å². The fraction of sp³-hybridized carbons (Fsp3) is 1.00. The second-order valence-electron chi connectivity index (χ2n) is 3.06. The average molecular weight is 196 g/mol. The number of aliphatic hydroxyl groups is 1. The lowest BCUT2D eigenvalue weighted by atomic mass is 10.2. The van der Waals surface area contributed by atoms with Crippen molar-refractivity contribution in [2.75, 3.05) is 33.2 Å². The van der Waals surface area contributed by atoms with E-state index in [1.807, 2.05) is 7.05 Å². The first kappa shape index (κ1) is 12.1. The van der Waals surface area contributed by atoms with Crippen molar-refractivity contribution in [2.24, 2.45) is 5.73 Å². The van der Waals surface area contributed by atoms with E-state index in [1.54, 1.807) is 0 Å². The summed E-state index contributed by atoms with van der Waals surface area (Å²) in [6, 6.07) is 0.249. The largest absolute Gasteiger partial charge is 0.390 e. The van der Waals surface area contributed by atoms with Crippen molar-refractivity contribution in [3.05, 3.63) is 0 Å². The molecular weight excluding hydrogens is 178 g/mol. The molecule has 0 spiro atoms. The van der Waals surface area contributed by atoms with Gasteiger partial charge in [0.15, 0.2) is 0 Å². The number of rotatable bonds is 3. The number of nitrogens with one attached hydrogen (secondary N) is 1. The van der Waals surface area contributed by atoms with Crippen molar-refractivity contribution in [1.29, 1.82) is 0 Å². The van der Waals surface area contributed by atoms with Crippen molar-refractivity contribution in [1.82, 2.24) is 10.2 Å². The molecule has 4 nitrogen and oxygen atoms in total. The van der Waals surface area contributed by atoms with E-state index in [-0.39, 0.29) is 24.6 Å². The van der Waals surface area contributed by atoms with Crippen LogP contribution in [0.1, 0.15) is 0 Å². The number of hydrogen-bond donors (Lipinski definition) is 3. The Balaban J connectivity index is 0.00000121. The Morgan fingerprint density at radius 1 is 1.58 bits per heavy atom. The van der Waals surface area contributed by atoms with Crippen LogP contribution in [0.5, 0.6) is 0 Å². The quantitative estimate of drug-likeness (QED) is 0.520. The maximum Gasteiger partial charge on any atom is 0.0831 e. The van der Waals surface area contributed by atoms with Crippen LogP contribution < -0.4 is 11.1 Å². The molecule has 0 amide bonds. The minimum Gasteiger partial charge on any atom is -0.390 e. The molecule has 74 valence electrons. The number of nitrogens with zero attached hydrogens (tertiary/aromatic N) is 1. The van der Waals surface area contributed by atoms with E-state index >= 15 is 0 Å². The van der Waals surface area contributed by atoms with Crippen LogP contribution in [0.2, 0.25) is 0 Å². The molecule has 0 bridgehead atoms. The Labute approximate surface area is 79.5 Å². The maximum atomic E-state index is 9.44. The highest BCUT2D eigenvalue weighted by Gasteiger charge is 2.27. The van der Waals surface area contributed by atoms with Crippen LogP contribution in [0.25, 0.3) is 0 Å². The zero-order chi connectivity index (χ0) is 8.27. The third kappa shape index (κ3) is 2.88. The fourth-order valence-electron chi connectivity index (χ4n) is 1.47. The Hall–Kier alpha value is 0.130. The first-order valence-electron chi connectivity index (χ1n) is 4.05. The summed E-state index contributed by atoms with van der Waals surface area (Å²) in [5.41, 5.74) is 5.40. The van der Waals surface area contributed by atoms with Gasteiger partial charge in [-0.2, -0.15) is 0 Å². The molecule has 2 atom stereocenters. The minimum absolute atomic E-state index is 0. The Kier molecular flexibility index (Phi) is 5.78. The highest BCUT2D eigenvalue weighted by molar-refractivity contribution is 5.85. The number of β-amino-alcohol motifs (C(OH)–C–C–N with tert-alkyl or cyclic N) is 1. The second kappa shape index (κ2) is 5.72. The number of nitrogens with two attached hydrogens (primary N) is 1. The summed E-state index contributed by atoms with van der Waals surface area (Å²) in [5, 5.41) is 12.6. The predicted molar refractivity (Wildman–Crippen MR) is 51.6 cm³/mol. The van der Waals surface area contributed by atoms with E-state index < -0.39 is 0 Å². The summed E-state index contributed by atoms with van der Waals surface area (Å²) >= 11 is 0. The predicted octanol–water partition coefficient (Wildman–Crippen LogP) is -1.37. The molecule has 0 unspecified atom stereocenters. The lowest BCUT2D eigenvalue weighted by Gasteiger charge is -2.25. The minimum atomic E-state index is -0.230. The van der Waals surface area contributed by atoms with Gasteiger partial charge in [-0.05, 0) is 7.05 Å². The number of aliphatic hydroxyl groups excluding tert-OH is 1. The molecule has 1 heterocycles. The van der Waals surface area contributed by atoms with E-state index in [9.17, 15) is 5.11 Å². The van der Waals surface area contributed by atoms with Crippen molar-refractivity contribution >= 4 is 12.4 Å². The van der Waals surface area contributed by atoms with Crippen LogP contribution in [0.15, 0.2) is 0 Å². The van der Waals surface area contributed by atoms with Gasteiger partial charge in [-0.15, -0.1) is 12.4 Å². The molecule has 1 fully saturated rings. The van der Waals surface area contributed by atoms with Crippen molar-refractivity contribution < 1.29 is 5.11 Å². The summed E-state index contributed by atoms with van der Waals surface area (Å²) in [6.45, 7) is 3.08. The molecule has 0 aromatic heterocycles. The van der Waals surface area contributed by atoms with Gasteiger partial charge in [-0.25, -0.2) is 0 Å². The molecule has 5 heteroatoms. The maximum absolute atomic E-state index is 9.44. The molecular formula is C7H18ClN3O. The van der Waals surface area contributed by atoms with Crippen LogP contribution in [0, 0.1) is 0 Å². The molecule has 12 heavy (non-hydrogen) atoms. The second-order valence-corrected chi connectivity index (χ2v) is 3.06. The van der Waals surface area contributed by atoms with E-state index in [0.717, 1.165) is 13.1 Å². The topological polar surface area (TPSA) is 61.5 Å². The lowest BCUT2D eigenvalue weighted by molar-refractivity contribution is 0.101. The van der Waals surface area contributed by atoms with Crippen LogP contribution in [-0.2, 0) is 0 Å². The number of likely N-dealkylation sites (N-methyl/N-ethyl adjacent to an activating group) is 1. The van der Waals surface area contributed by atoms with Crippen LogP contribution in [0.4, 0.5) is 0 Å². The zero-order valence-electron chi connectivity index (χ0n) is 7.36. The number of hydrogen-bond acceptors (Lipinski definition) is 4. The summed E-state index contributed by atoms with van der Waals surface area (Å²) < 4.78 is 0. The fourth-order valence-corrected chi connectivity index (χ4v) is 1.47. The normalized spacial score (nSPS) is 29.0. The van der Waals surface area contributed by atoms with Gasteiger partial charge in [0.1, 0.15) is 0 Å². The van der Waals surface area contributed by atoms with Crippen LogP contribution in [-0.4, -0.2) is 55.4 Å². The summed E-state index contributed by atoms with van der Waals surface area (Å²) in [6.07, 6.45) is -0.230. The van der Waals surface area contributed by atoms with Gasteiger partial charge >= 0.3 is 0 Å². The molecule has 0 radical (unpaired) electrons. The monoisotopic (exact) mass is 195 g/mol. The Morgan fingerprint density at radius 2 is 2.25 bits per heavy atom. The molecule has 0 saturated carbocycles. The molecule has 1 aliphatic rings. The standard InChI is InChI=1S/C7H17N3O.ClH/c1-10(3-2-8)6-4-9-5-7(6)11;/h6-7,9,11H,2-5,8H2,1H3;1H/t6-,7-;/m1./s1. The van der Waals surface area contributed by atoms with Crippen LogP contribution >= 0.6 is 12.4 Å². The molecule has 1 rings (SSSR count). The molecule has 0 aromatic carbocycles. The van der Waals surface area contributed by atoms with E-state index in [4.69, 9.17) is 5.73 Å². The van der Waals surface area contributed by atoms with Gasteiger partial charge in [0.05, 0.1) is 6.10 Å². The van der Waals surface area contributed by atoms with E-state index in [0.29, 0.717) is 13.1 Å². The van der Waals surface area contributed by atoms with E-state index in [1.165, 1.54) is 0 Å². The first-order chi connectivity index (χ1) is 5.25. The highest BCUT2D eigenvalue weighted by atomic mass is 35.5. The molecule has 1 saturated heterocycles. The third-order valence-corrected chi connectivity index (χ3v) is 2.20. The SMILES string of the molecule is CN(CCN)[C@@H]1CNC[C@H]1O.Cl. The molecule has 0 aromatic rings. The molecule has 1 aliphatic heterocycles. The number of halogens is 1. The Morgan fingerprint density at radius 3 is 2.67 bits per heavy atom. The smallest absolute Gasteiger partial charge is 0.0831 e. The van der Waals surface area contributed by atoms with Crippen molar-refractivity contribution in [2.45, 2.75) is 12.1 Å². The van der Waals surface area contributed by atoms with Gasteiger partial charge in [-0.1, -0.05) is 0 Å². The molecule has 4 N–H and O–H groups in total. The van der Waals surface area contributed by atoms with Crippen molar-refractivity contribution in [3.8, 4) is 0 Å². The average Bonchev–Trinajstić information content (AvgIpc) is 2.36. The van der Waals surface area contributed by atoms with Crippen molar-refractivity contribution in [3.63, 3.8) is 0 Å². The summed E-state index contributed by atoms with van der Waals surface area (Å²) in [5.74, 6) is 0. The molecule has 0 aliphatic carbocycles. The van der Waals surface area contributed by atoms with Gasteiger partial charge in [-0.3, -0.25) is 4.90 Å². The van der Waals surface area contributed by atoms with Gasteiger partial charge in [0.2, 0.25) is 0 Å². The van der Waals surface area contributed by atoms with Gasteiger partial charge < -0.3 is 16.2 Å². The lowest BCUT2D eigenvalue weighted by Crippen LogP contribution is -2.42. The highest BCUT2D eigenvalue weighted by Crippen LogP contribution is 2.05. The van der Waals surface area contributed by atoms with Gasteiger partial charge in [0.25, 0.3) is 0 Å². The Bertz CT molecular complexity index is 125. The first-order valence-corrected chi connectivity index (χ1v) is 4.05.